The van der Waals surface area contributed by atoms with Crippen molar-refractivity contribution < 1.29 is 9.59 Å². The van der Waals surface area contributed by atoms with Crippen LogP contribution in [0.2, 0.25) is 0 Å². The third kappa shape index (κ3) is 7.09. The number of hydrogen-bond acceptors (Lipinski definition) is 3. The van der Waals surface area contributed by atoms with Crippen LogP contribution in [-0.4, -0.2) is 31.6 Å². The Balaban J connectivity index is 1.47. The van der Waals surface area contributed by atoms with Crippen LogP contribution in [0.1, 0.15) is 35.7 Å². The van der Waals surface area contributed by atoms with E-state index in [1.807, 2.05) is 54.6 Å². The molecule has 1 aliphatic heterocycles. The molecule has 1 aliphatic rings. The van der Waals surface area contributed by atoms with Gasteiger partial charge in [0, 0.05) is 41.2 Å². The van der Waals surface area contributed by atoms with Crippen LogP contribution in [0, 0.1) is 5.92 Å². The number of carbonyl (C=O) groups excluding carboxylic acids is 2. The Morgan fingerprint density at radius 3 is 2.29 bits per heavy atom. The number of nitrogens with zero attached hydrogens (tertiary/aromatic N) is 1. The molecule has 3 aromatic rings. The second kappa shape index (κ2) is 11.9. The monoisotopic (exact) mass is 534 g/mol. The second-order valence-electron chi connectivity index (χ2n) is 8.98. The number of halogens is 1. The van der Waals surface area contributed by atoms with Crippen molar-refractivity contribution in [3.8, 4) is 0 Å². The van der Waals surface area contributed by atoms with Crippen LogP contribution >= 0.6 is 15.9 Å². The molecule has 0 radical (unpaired) electrons. The topological polar surface area (TPSA) is 73.5 Å². The van der Waals surface area contributed by atoms with Crippen molar-refractivity contribution in [2.24, 2.45) is 5.92 Å². The Kier molecular flexibility index (Phi) is 8.42. The van der Waals surface area contributed by atoms with Crippen molar-refractivity contribution in [2.45, 2.75) is 26.2 Å². The zero-order valence-electron chi connectivity index (χ0n) is 19.9. The molecule has 3 N–H and O–H groups in total. The highest BCUT2D eigenvalue weighted by Gasteiger charge is 2.22. The molecular formula is C28H31BrN4O2. The molecule has 7 heteroatoms. The largest absolute Gasteiger partial charge is 0.371 e. The molecule has 4 rings (SSSR count). The summed E-state index contributed by atoms with van der Waals surface area (Å²) in [6.45, 7) is 4.65. The zero-order valence-corrected chi connectivity index (χ0v) is 21.5. The van der Waals surface area contributed by atoms with Crippen molar-refractivity contribution in [2.75, 3.05) is 35.2 Å². The lowest BCUT2D eigenvalue weighted by Gasteiger charge is -2.33. The molecule has 1 fully saturated rings. The Labute approximate surface area is 215 Å². The summed E-state index contributed by atoms with van der Waals surface area (Å²) in [5, 5.41) is 8.74. The fourth-order valence-corrected chi connectivity index (χ4v) is 4.47. The van der Waals surface area contributed by atoms with Crippen LogP contribution in [-0.2, 0) is 6.42 Å². The molecule has 0 bridgehead atoms. The van der Waals surface area contributed by atoms with Gasteiger partial charge in [-0.05, 0) is 73.2 Å². The van der Waals surface area contributed by atoms with Crippen LogP contribution in [0.4, 0.5) is 21.9 Å². The van der Waals surface area contributed by atoms with Gasteiger partial charge in [-0.1, -0.05) is 53.2 Å². The molecule has 182 valence electrons. The second-order valence-corrected chi connectivity index (χ2v) is 9.89. The van der Waals surface area contributed by atoms with Crippen LogP contribution in [0.5, 0.6) is 0 Å². The number of amides is 3. The van der Waals surface area contributed by atoms with E-state index >= 15 is 0 Å². The molecule has 3 aromatic carbocycles. The molecule has 1 heterocycles. The number of benzene rings is 3. The minimum Gasteiger partial charge on any atom is -0.371 e. The van der Waals surface area contributed by atoms with Crippen molar-refractivity contribution in [1.29, 1.82) is 0 Å². The standard InChI is InChI=1S/C28H31BrN4O2/c1-20-14-17-33(18-15-20)26-12-11-24(32-28(35)31-23-9-7-22(29)8-10-23)19-25(26)27(34)30-16-13-21-5-3-2-4-6-21/h2-12,19-20H,13-18H2,1H3,(H,30,34)(H2,31,32,35). The molecule has 0 unspecified atom stereocenters. The summed E-state index contributed by atoms with van der Waals surface area (Å²) in [5.74, 6) is 0.559. The quantitative estimate of drug-likeness (QED) is 0.333. The van der Waals surface area contributed by atoms with Crippen LogP contribution in [0.3, 0.4) is 0 Å². The van der Waals surface area contributed by atoms with Gasteiger partial charge in [0.15, 0.2) is 0 Å². The Morgan fingerprint density at radius 2 is 1.57 bits per heavy atom. The smallest absolute Gasteiger partial charge is 0.323 e. The number of carbonyl (C=O) groups is 2. The number of urea groups is 1. The molecular weight excluding hydrogens is 504 g/mol. The van der Waals surface area contributed by atoms with Crippen molar-refractivity contribution >= 4 is 44.9 Å². The van der Waals surface area contributed by atoms with E-state index in [1.54, 1.807) is 6.07 Å². The maximum Gasteiger partial charge on any atom is 0.323 e. The molecule has 3 amide bonds. The molecule has 0 spiro atoms. The lowest BCUT2D eigenvalue weighted by atomic mass is 9.97. The predicted molar refractivity (Wildman–Crippen MR) is 146 cm³/mol. The van der Waals surface area contributed by atoms with Gasteiger partial charge in [-0.25, -0.2) is 4.79 Å². The van der Waals surface area contributed by atoms with Crippen molar-refractivity contribution in [3.63, 3.8) is 0 Å². The highest BCUT2D eigenvalue weighted by molar-refractivity contribution is 9.10. The summed E-state index contributed by atoms with van der Waals surface area (Å²) in [7, 11) is 0. The minimum absolute atomic E-state index is 0.133. The van der Waals surface area contributed by atoms with E-state index in [4.69, 9.17) is 0 Å². The SMILES string of the molecule is CC1CCN(c2ccc(NC(=O)Nc3ccc(Br)cc3)cc2C(=O)NCCc2ccccc2)CC1. The third-order valence-electron chi connectivity index (χ3n) is 6.27. The lowest BCUT2D eigenvalue weighted by molar-refractivity contribution is 0.0954. The first kappa shape index (κ1) is 24.8. The first-order valence-corrected chi connectivity index (χ1v) is 12.8. The summed E-state index contributed by atoms with van der Waals surface area (Å²) in [4.78, 5) is 28.1. The van der Waals surface area contributed by atoms with Gasteiger partial charge >= 0.3 is 6.03 Å². The van der Waals surface area contributed by atoms with Gasteiger partial charge < -0.3 is 20.9 Å². The summed E-state index contributed by atoms with van der Waals surface area (Å²) in [6.07, 6.45) is 2.96. The van der Waals surface area contributed by atoms with Crippen LogP contribution < -0.4 is 20.9 Å². The van der Waals surface area contributed by atoms with E-state index in [9.17, 15) is 9.59 Å². The van der Waals surface area contributed by atoms with Gasteiger partial charge in [0.05, 0.1) is 5.56 Å². The van der Waals surface area contributed by atoms with Crippen LogP contribution in [0.15, 0.2) is 77.3 Å². The van der Waals surface area contributed by atoms with E-state index in [0.717, 1.165) is 42.5 Å². The third-order valence-corrected chi connectivity index (χ3v) is 6.80. The van der Waals surface area contributed by atoms with Crippen molar-refractivity contribution in [3.05, 3.63) is 88.4 Å². The van der Waals surface area contributed by atoms with Gasteiger partial charge in [0.1, 0.15) is 0 Å². The molecule has 6 nitrogen and oxygen atoms in total. The Morgan fingerprint density at radius 1 is 0.914 bits per heavy atom. The Bertz CT molecular complexity index is 1140. The fourth-order valence-electron chi connectivity index (χ4n) is 4.21. The number of hydrogen-bond donors (Lipinski definition) is 3. The van der Waals surface area contributed by atoms with Crippen LogP contribution in [0.25, 0.3) is 0 Å². The highest BCUT2D eigenvalue weighted by atomic mass is 79.9. The molecule has 0 aromatic heterocycles. The predicted octanol–water partition coefficient (Wildman–Crippen LogP) is 6.30. The molecule has 1 saturated heterocycles. The van der Waals surface area contributed by atoms with E-state index in [-0.39, 0.29) is 11.9 Å². The molecule has 0 aliphatic carbocycles. The summed E-state index contributed by atoms with van der Waals surface area (Å²) < 4.78 is 0.939. The number of nitrogens with one attached hydrogen (secondary N) is 3. The van der Waals surface area contributed by atoms with E-state index < -0.39 is 0 Å². The minimum atomic E-state index is -0.359. The van der Waals surface area contributed by atoms with E-state index in [0.29, 0.717) is 29.4 Å². The summed E-state index contributed by atoms with van der Waals surface area (Å²) >= 11 is 3.39. The average Bonchev–Trinajstić information content (AvgIpc) is 2.86. The van der Waals surface area contributed by atoms with Gasteiger partial charge in [-0.15, -0.1) is 0 Å². The Hall–Kier alpha value is -3.32. The first-order chi connectivity index (χ1) is 17.0. The van der Waals surface area contributed by atoms with Gasteiger partial charge in [-0.3, -0.25) is 4.79 Å². The van der Waals surface area contributed by atoms with Gasteiger partial charge in [0.2, 0.25) is 0 Å². The summed E-state index contributed by atoms with van der Waals surface area (Å²) in [6, 6.07) is 22.7. The van der Waals surface area contributed by atoms with Gasteiger partial charge in [0.25, 0.3) is 5.91 Å². The number of rotatable bonds is 7. The maximum absolute atomic E-state index is 13.3. The van der Waals surface area contributed by atoms with Crippen molar-refractivity contribution in [1.82, 2.24) is 5.32 Å². The van der Waals surface area contributed by atoms with Gasteiger partial charge in [-0.2, -0.15) is 0 Å². The highest BCUT2D eigenvalue weighted by Crippen LogP contribution is 2.29. The number of piperidine rings is 1. The van der Waals surface area contributed by atoms with E-state index in [1.165, 1.54) is 5.56 Å². The molecule has 0 atom stereocenters. The summed E-state index contributed by atoms with van der Waals surface area (Å²) in [5.41, 5.74) is 3.92. The zero-order chi connectivity index (χ0) is 24.6. The number of anilines is 3. The average molecular weight is 535 g/mol. The molecule has 0 saturated carbocycles. The molecule has 35 heavy (non-hydrogen) atoms. The lowest BCUT2D eigenvalue weighted by Crippen LogP contribution is -2.35. The van der Waals surface area contributed by atoms with E-state index in [2.05, 4.69) is 55.8 Å². The fraction of sp³-hybridized carbons (Fsp3) is 0.286. The normalized spacial score (nSPS) is 13.8. The maximum atomic E-state index is 13.3. The first-order valence-electron chi connectivity index (χ1n) is 12.0.